The molecule has 0 radical (unpaired) electrons. The van der Waals surface area contributed by atoms with E-state index in [9.17, 15) is 4.79 Å². The number of aliphatic carboxylic acids is 1. The Bertz CT molecular complexity index is 620. The van der Waals surface area contributed by atoms with Gasteiger partial charge in [0.25, 0.3) is 0 Å². The molecule has 1 heterocycles. The van der Waals surface area contributed by atoms with Gasteiger partial charge in [-0.3, -0.25) is 5.43 Å². The first kappa shape index (κ1) is 12.9. The summed E-state index contributed by atoms with van der Waals surface area (Å²) >= 11 is 0. The van der Waals surface area contributed by atoms with Gasteiger partial charge in [0.1, 0.15) is 5.71 Å². The Morgan fingerprint density at radius 3 is 2.95 bits per heavy atom. The van der Waals surface area contributed by atoms with Gasteiger partial charge >= 0.3 is 5.97 Å². The largest absolute Gasteiger partial charge is 0.477 e. The van der Waals surface area contributed by atoms with Crippen molar-refractivity contribution in [3.63, 3.8) is 0 Å². The van der Waals surface area contributed by atoms with Crippen LogP contribution in [0.15, 0.2) is 35.6 Å². The van der Waals surface area contributed by atoms with Crippen LogP contribution in [0.1, 0.15) is 19.8 Å². The van der Waals surface area contributed by atoms with Crippen LogP contribution in [0.2, 0.25) is 0 Å². The second-order valence-corrected chi connectivity index (χ2v) is 4.01. The molecule has 19 heavy (non-hydrogen) atoms. The number of carboxylic acid groups (broad SMARTS) is 1. The quantitative estimate of drug-likeness (QED) is 0.634. The lowest BCUT2D eigenvalue weighted by Gasteiger charge is -2.04. The van der Waals surface area contributed by atoms with E-state index >= 15 is 0 Å². The van der Waals surface area contributed by atoms with Gasteiger partial charge in [-0.15, -0.1) is 5.10 Å². The van der Waals surface area contributed by atoms with Crippen molar-refractivity contribution in [2.24, 2.45) is 5.10 Å². The summed E-state index contributed by atoms with van der Waals surface area (Å²) in [6, 6.07) is 7.56. The zero-order valence-electron chi connectivity index (χ0n) is 10.5. The van der Waals surface area contributed by atoms with E-state index in [4.69, 9.17) is 5.11 Å². The van der Waals surface area contributed by atoms with Gasteiger partial charge in [0.05, 0.1) is 6.20 Å². The molecule has 6 nitrogen and oxygen atoms in total. The molecule has 2 rings (SSSR count). The Hall–Kier alpha value is -2.50. The average Bonchev–Trinajstić information content (AvgIpc) is 2.43. The molecule has 0 aliphatic carbocycles. The molecule has 0 aliphatic heterocycles. The molecule has 98 valence electrons. The molecule has 0 aliphatic rings. The molecular weight excluding hydrogens is 244 g/mol. The number of fused-ring (bicyclic) bond motifs is 1. The van der Waals surface area contributed by atoms with E-state index in [0.29, 0.717) is 18.7 Å². The monoisotopic (exact) mass is 258 g/mol. The number of anilines is 1. The van der Waals surface area contributed by atoms with Crippen molar-refractivity contribution < 1.29 is 9.90 Å². The molecule has 0 spiro atoms. The number of hydrogen-bond donors (Lipinski definition) is 2. The minimum absolute atomic E-state index is 0.0808. The van der Waals surface area contributed by atoms with Gasteiger partial charge in [0.2, 0.25) is 0 Å². The molecule has 0 fully saturated rings. The highest BCUT2D eigenvalue weighted by Crippen LogP contribution is 2.19. The summed E-state index contributed by atoms with van der Waals surface area (Å²) < 4.78 is 0. The van der Waals surface area contributed by atoms with Crippen LogP contribution >= 0.6 is 0 Å². The van der Waals surface area contributed by atoms with Gasteiger partial charge in [-0.1, -0.05) is 37.6 Å². The Morgan fingerprint density at radius 1 is 1.42 bits per heavy atom. The van der Waals surface area contributed by atoms with Crippen molar-refractivity contribution in [3.8, 4) is 0 Å². The summed E-state index contributed by atoms with van der Waals surface area (Å²) in [5, 5.41) is 22.4. The van der Waals surface area contributed by atoms with Crippen LogP contribution in [-0.4, -0.2) is 27.0 Å². The highest BCUT2D eigenvalue weighted by Gasteiger charge is 2.09. The number of carboxylic acids is 1. The molecule has 0 amide bonds. The van der Waals surface area contributed by atoms with E-state index in [0.717, 1.165) is 10.8 Å². The van der Waals surface area contributed by atoms with Crippen LogP contribution in [0.5, 0.6) is 0 Å². The van der Waals surface area contributed by atoms with Crippen molar-refractivity contribution in [3.05, 3.63) is 30.5 Å². The molecular formula is C13H14N4O2. The summed E-state index contributed by atoms with van der Waals surface area (Å²) in [5.41, 5.74) is 2.77. The van der Waals surface area contributed by atoms with E-state index in [1.54, 1.807) is 6.20 Å². The topological polar surface area (TPSA) is 87.5 Å². The summed E-state index contributed by atoms with van der Waals surface area (Å²) in [6.07, 6.45) is 2.77. The minimum Gasteiger partial charge on any atom is -0.477 e. The third-order valence-electron chi connectivity index (χ3n) is 2.60. The number of hydrogen-bond acceptors (Lipinski definition) is 5. The average molecular weight is 258 g/mol. The Labute approximate surface area is 110 Å². The fourth-order valence-corrected chi connectivity index (χ4v) is 1.68. The van der Waals surface area contributed by atoms with Crippen molar-refractivity contribution >= 4 is 28.3 Å². The van der Waals surface area contributed by atoms with Crippen LogP contribution in [0.25, 0.3) is 10.8 Å². The molecule has 0 atom stereocenters. The van der Waals surface area contributed by atoms with Crippen molar-refractivity contribution in [1.29, 1.82) is 0 Å². The number of nitrogens with zero attached hydrogens (tertiary/aromatic N) is 3. The zero-order chi connectivity index (χ0) is 13.7. The lowest BCUT2D eigenvalue weighted by atomic mass is 10.2. The molecule has 0 bridgehead atoms. The number of rotatable bonds is 5. The summed E-state index contributed by atoms with van der Waals surface area (Å²) in [5.74, 6) is -0.574. The van der Waals surface area contributed by atoms with Gasteiger partial charge in [-0.25, -0.2) is 4.79 Å². The number of aromatic nitrogens is 2. The van der Waals surface area contributed by atoms with Gasteiger partial charge < -0.3 is 5.11 Å². The van der Waals surface area contributed by atoms with Crippen molar-refractivity contribution in [2.75, 3.05) is 5.43 Å². The summed E-state index contributed by atoms with van der Waals surface area (Å²) in [6.45, 7) is 1.90. The molecule has 6 heteroatoms. The van der Waals surface area contributed by atoms with E-state index < -0.39 is 5.97 Å². The Balaban J connectivity index is 2.30. The van der Waals surface area contributed by atoms with Gasteiger partial charge in [-0.05, 0) is 6.42 Å². The summed E-state index contributed by atoms with van der Waals surface area (Å²) in [4.78, 5) is 11.0. The fourth-order valence-electron chi connectivity index (χ4n) is 1.68. The maximum Gasteiger partial charge on any atom is 0.352 e. The van der Waals surface area contributed by atoms with Gasteiger partial charge in [0.15, 0.2) is 5.82 Å². The first-order valence-corrected chi connectivity index (χ1v) is 5.98. The normalized spacial score (nSPS) is 11.5. The Kier molecular flexibility index (Phi) is 4.02. The second-order valence-electron chi connectivity index (χ2n) is 4.01. The van der Waals surface area contributed by atoms with Crippen LogP contribution in [0, 0.1) is 0 Å². The predicted octanol–water partition coefficient (Wildman–Crippen LogP) is 2.28. The van der Waals surface area contributed by atoms with Gasteiger partial charge in [-0.2, -0.15) is 10.2 Å². The lowest BCUT2D eigenvalue weighted by molar-refractivity contribution is -0.129. The van der Waals surface area contributed by atoms with E-state index in [2.05, 4.69) is 20.7 Å². The van der Waals surface area contributed by atoms with Crippen LogP contribution < -0.4 is 5.43 Å². The molecule has 2 aromatic rings. The molecule has 0 saturated carbocycles. The zero-order valence-corrected chi connectivity index (χ0v) is 10.5. The predicted molar refractivity (Wildman–Crippen MR) is 73.1 cm³/mol. The molecule has 0 unspecified atom stereocenters. The highest BCUT2D eigenvalue weighted by atomic mass is 16.4. The highest BCUT2D eigenvalue weighted by molar-refractivity contribution is 6.35. The molecule has 0 saturated heterocycles. The first-order chi connectivity index (χ1) is 9.22. The minimum atomic E-state index is -1.03. The van der Waals surface area contributed by atoms with Crippen LogP contribution in [-0.2, 0) is 4.79 Å². The second kappa shape index (κ2) is 5.90. The third kappa shape index (κ3) is 3.04. The smallest absolute Gasteiger partial charge is 0.352 e. The maximum atomic E-state index is 11.0. The van der Waals surface area contributed by atoms with Gasteiger partial charge in [0, 0.05) is 10.8 Å². The van der Waals surface area contributed by atoms with Crippen molar-refractivity contribution in [2.45, 2.75) is 19.8 Å². The lowest BCUT2D eigenvalue weighted by Crippen LogP contribution is -2.14. The number of carbonyl (C=O) groups is 1. The van der Waals surface area contributed by atoms with E-state index in [-0.39, 0.29) is 5.71 Å². The fraction of sp³-hybridized carbons (Fsp3) is 0.231. The van der Waals surface area contributed by atoms with E-state index in [1.165, 1.54) is 0 Å². The first-order valence-electron chi connectivity index (χ1n) is 5.98. The maximum absolute atomic E-state index is 11.0. The number of nitrogens with one attached hydrogen (secondary N) is 1. The van der Waals surface area contributed by atoms with E-state index in [1.807, 2.05) is 31.2 Å². The number of hydrazone groups is 1. The van der Waals surface area contributed by atoms with Crippen molar-refractivity contribution in [1.82, 2.24) is 10.2 Å². The third-order valence-corrected chi connectivity index (χ3v) is 2.60. The summed E-state index contributed by atoms with van der Waals surface area (Å²) in [7, 11) is 0. The Morgan fingerprint density at radius 2 is 2.21 bits per heavy atom. The SMILES string of the molecule is CCC/C(=N/Nc1nncc2ccccc12)C(=O)O. The standard InChI is InChI=1S/C13H14N4O2/c1-2-5-11(13(18)19)15-17-12-10-7-4-3-6-9(10)8-14-16-12/h3-4,6-8H,2,5H2,1H3,(H,16,17)(H,18,19)/b15-11-. The van der Waals surface area contributed by atoms with Crippen LogP contribution in [0.4, 0.5) is 5.82 Å². The number of benzene rings is 1. The molecule has 1 aromatic heterocycles. The molecule has 2 N–H and O–H groups in total. The van der Waals surface area contributed by atoms with Crippen LogP contribution in [0.3, 0.4) is 0 Å². The molecule has 1 aromatic carbocycles.